The second-order valence-electron chi connectivity index (χ2n) is 27.0. The Morgan fingerprint density at radius 2 is 0.611 bits per heavy atom. The Morgan fingerprint density at radius 1 is 0.356 bits per heavy atom. The van der Waals surface area contributed by atoms with Gasteiger partial charge in [-0.1, -0.05) is 119 Å². The molecule has 6 aromatic carbocycles. The molecule has 13 rings (SSSR count). The molecule has 0 amide bonds. The van der Waals surface area contributed by atoms with Crippen LogP contribution in [0.5, 0.6) is 0 Å². The van der Waals surface area contributed by atoms with Gasteiger partial charge in [-0.05, 0) is 209 Å². The third kappa shape index (κ3) is 9.41. The fourth-order valence-electron chi connectivity index (χ4n) is 14.6. The van der Waals surface area contributed by atoms with Gasteiger partial charge in [0.15, 0.2) is 22.4 Å². The van der Waals surface area contributed by atoms with Crippen molar-refractivity contribution in [2.45, 2.75) is 153 Å². The Morgan fingerprint density at radius 3 is 0.856 bits per heavy atom. The van der Waals surface area contributed by atoms with Crippen LogP contribution in [-0.4, -0.2) is 44.6 Å². The molecule has 4 unspecified atom stereocenters. The Bertz CT molecular complexity index is 4580. The number of rotatable bonds is 10. The molecular weight excluding hydrogens is 1210 g/mol. The van der Waals surface area contributed by atoms with E-state index in [1.165, 1.54) is 31.0 Å². The van der Waals surface area contributed by atoms with E-state index in [-0.39, 0.29) is 10.8 Å². The monoisotopic (exact) mass is 1290 g/mol. The fraction of sp³-hybridized carbons (Fsp3) is 0.350. The van der Waals surface area contributed by atoms with Crippen molar-refractivity contribution in [3.05, 3.63) is 206 Å². The minimum absolute atomic E-state index is 0.196. The molecule has 456 valence electrons. The lowest BCUT2D eigenvalue weighted by atomic mass is 9.67. The minimum Gasteiger partial charge on any atom is -0.357 e. The molecule has 0 aliphatic heterocycles. The largest absolute Gasteiger partial charge is 0.357 e. The van der Waals surface area contributed by atoms with Crippen molar-refractivity contribution in [1.29, 1.82) is 0 Å². The molecule has 3 aliphatic carbocycles. The second-order valence-corrected chi connectivity index (χ2v) is 40.7. The molecule has 4 nitrogen and oxygen atoms in total. The van der Waals surface area contributed by atoms with Crippen molar-refractivity contribution in [1.82, 2.24) is 0 Å². The molecule has 10 aromatic rings. The lowest BCUT2D eigenvalue weighted by Crippen LogP contribution is -2.44. The molecule has 0 saturated carbocycles. The van der Waals surface area contributed by atoms with Gasteiger partial charge in [-0.15, -0.1) is 56.4 Å². The van der Waals surface area contributed by atoms with Crippen LogP contribution in [0.15, 0.2) is 119 Å². The van der Waals surface area contributed by atoms with Crippen LogP contribution >= 0.6 is 45.3 Å². The van der Waals surface area contributed by atoms with Gasteiger partial charge in [-0.25, -0.2) is 0 Å². The zero-order chi connectivity index (χ0) is 63.6. The van der Waals surface area contributed by atoms with E-state index < -0.39 is 38.6 Å². The van der Waals surface area contributed by atoms with E-state index in [1.807, 2.05) is 28.4 Å². The maximum Gasteiger partial charge on any atom is 0.180 e. The molecule has 0 spiro atoms. The molecule has 4 atom stereocenters. The summed E-state index contributed by atoms with van der Waals surface area (Å²) in [6, 6.07) is 43.3. The standard InChI is InChI=1S/C80H80O4S4Si2/c1-17-89(18-2,19-3)37-31-79(83-15)63-43-53-27-35-85-69(53)47-65(63)77(81-13,61-41-51-25-33-87-71(51)49-67(61)79)29-23-55-39-57(75(7,8)9)45-59-60-46-58(76(10,11)12)40-56(74(60)73(55)59)24-30-78(82-14)62-42-52-26-34-88-72(52)50-68(62)80(84-16,32-38-90(20-4,21-5)22-6)64-44-54-28-36-86-70(54)48-66(64)78/h25-28,33-36,39-50H,17-22H2,1-16H3. The van der Waals surface area contributed by atoms with Gasteiger partial charge in [0.25, 0.3) is 0 Å². The summed E-state index contributed by atoms with van der Waals surface area (Å²) in [5.41, 5.74) is 15.1. The van der Waals surface area contributed by atoms with E-state index in [0.717, 1.165) is 133 Å². The lowest BCUT2D eigenvalue weighted by Gasteiger charge is -2.44. The number of hydrogen-bond donors (Lipinski definition) is 0. The highest BCUT2D eigenvalue weighted by Gasteiger charge is 2.54. The Balaban J connectivity index is 1.11. The number of benzene rings is 6. The van der Waals surface area contributed by atoms with Gasteiger partial charge in [0.1, 0.15) is 16.1 Å². The molecule has 0 N–H and O–H groups in total. The van der Waals surface area contributed by atoms with Crippen LogP contribution in [0.1, 0.15) is 150 Å². The number of ether oxygens (including phenoxy) is 4. The first-order valence-corrected chi connectivity index (χ1v) is 40.8. The average molecular weight is 1290 g/mol. The first kappa shape index (κ1) is 62.5. The van der Waals surface area contributed by atoms with E-state index in [1.54, 1.807) is 45.3 Å². The predicted octanol–water partition coefficient (Wildman–Crippen LogP) is 20.4. The zero-order valence-corrected chi connectivity index (χ0v) is 60.3. The summed E-state index contributed by atoms with van der Waals surface area (Å²) in [4.78, 5) is 0. The Hall–Kier alpha value is -6.33. The van der Waals surface area contributed by atoms with E-state index >= 15 is 0 Å². The van der Waals surface area contributed by atoms with Crippen LogP contribution in [0, 0.1) is 67.5 Å². The van der Waals surface area contributed by atoms with E-state index in [4.69, 9.17) is 18.9 Å². The molecule has 0 saturated heterocycles. The summed E-state index contributed by atoms with van der Waals surface area (Å²) in [5.74, 6) is 23.9. The number of methoxy groups -OCH3 is 4. The highest BCUT2D eigenvalue weighted by molar-refractivity contribution is 7.18. The Labute approximate surface area is 550 Å². The third-order valence-electron chi connectivity index (χ3n) is 21.0. The van der Waals surface area contributed by atoms with Crippen molar-refractivity contribution < 1.29 is 18.9 Å². The molecule has 4 aromatic heterocycles. The van der Waals surface area contributed by atoms with Crippen molar-refractivity contribution in [3.63, 3.8) is 0 Å². The molecule has 3 aliphatic rings. The van der Waals surface area contributed by atoms with Gasteiger partial charge in [0.05, 0.1) is 0 Å². The number of fused-ring (bicyclic) bond motifs is 10. The van der Waals surface area contributed by atoms with Gasteiger partial charge < -0.3 is 18.9 Å². The number of thiophene rings is 4. The zero-order valence-electron chi connectivity index (χ0n) is 55.1. The normalized spacial score (nSPS) is 19.8. The number of hydrogen-bond acceptors (Lipinski definition) is 8. The summed E-state index contributed by atoms with van der Waals surface area (Å²) in [6.45, 7) is 27.7. The van der Waals surface area contributed by atoms with Gasteiger partial charge in [-0.3, -0.25) is 0 Å². The molecule has 0 bridgehead atoms. The average Bonchev–Trinajstić information content (AvgIpc) is 0.827. The van der Waals surface area contributed by atoms with Gasteiger partial charge in [0, 0.05) is 113 Å². The predicted molar refractivity (Wildman–Crippen MR) is 388 cm³/mol. The van der Waals surface area contributed by atoms with Crippen molar-refractivity contribution in [2.24, 2.45) is 0 Å². The van der Waals surface area contributed by atoms with Crippen molar-refractivity contribution >= 4 is 102 Å². The highest BCUT2D eigenvalue weighted by Crippen LogP contribution is 2.56. The summed E-state index contributed by atoms with van der Waals surface area (Å²) in [6.07, 6.45) is 0. The highest BCUT2D eigenvalue weighted by atomic mass is 32.1. The van der Waals surface area contributed by atoms with Crippen LogP contribution in [0.3, 0.4) is 0 Å². The maximum absolute atomic E-state index is 7.17. The van der Waals surface area contributed by atoms with E-state index in [0.29, 0.717) is 0 Å². The topological polar surface area (TPSA) is 36.9 Å². The molecular formula is C80H80O4S4Si2. The smallest absolute Gasteiger partial charge is 0.180 e. The first-order valence-electron chi connectivity index (χ1n) is 32.0. The molecule has 0 radical (unpaired) electrons. The first-order chi connectivity index (χ1) is 43.2. The van der Waals surface area contributed by atoms with Crippen molar-refractivity contribution in [2.75, 3.05) is 28.4 Å². The van der Waals surface area contributed by atoms with Gasteiger partial charge >= 0.3 is 0 Å². The van der Waals surface area contributed by atoms with Crippen LogP contribution in [0.4, 0.5) is 0 Å². The molecule has 90 heavy (non-hydrogen) atoms. The van der Waals surface area contributed by atoms with E-state index in [9.17, 15) is 0 Å². The van der Waals surface area contributed by atoms with Gasteiger partial charge in [-0.2, -0.15) is 0 Å². The maximum atomic E-state index is 7.17. The van der Waals surface area contributed by atoms with Crippen LogP contribution < -0.4 is 0 Å². The summed E-state index contributed by atoms with van der Waals surface area (Å²) in [7, 11) is 3.38. The Kier molecular flexibility index (Phi) is 15.8. The summed E-state index contributed by atoms with van der Waals surface area (Å²) >= 11 is 6.95. The molecule has 0 fully saturated rings. The van der Waals surface area contributed by atoms with Crippen LogP contribution in [0.25, 0.3) is 40.3 Å². The summed E-state index contributed by atoms with van der Waals surface area (Å²) in [5, 5.41) is 17.8. The molecule has 10 heteroatoms. The third-order valence-corrected chi connectivity index (χ3v) is 33.9. The van der Waals surface area contributed by atoms with Crippen LogP contribution in [0.2, 0.25) is 36.3 Å². The second kappa shape index (κ2) is 22.8. The fourth-order valence-corrected chi connectivity index (χ4v) is 22.8. The lowest BCUT2D eigenvalue weighted by molar-refractivity contribution is 0.0334. The van der Waals surface area contributed by atoms with Gasteiger partial charge in [0.2, 0.25) is 0 Å². The quantitative estimate of drug-likeness (QED) is 0.101. The van der Waals surface area contributed by atoms with Crippen molar-refractivity contribution in [3.8, 4) is 46.6 Å². The minimum atomic E-state index is -1.98. The summed E-state index contributed by atoms with van der Waals surface area (Å²) < 4.78 is 33.0. The van der Waals surface area contributed by atoms with Crippen LogP contribution in [-0.2, 0) is 52.2 Å². The molecule has 4 heterocycles. The van der Waals surface area contributed by atoms with E-state index in [2.05, 4.69) is 248 Å². The SMILES string of the molecule is CC[Si](C#CC1(OC)c2cc3ccsc3cc2C(C#Cc2cc(C(C)(C)C)cc3c2=c2c(C#CC4(OC)c5cc6ccsc6cc5C(C#C[Si](CC)(CC)CC)(OC)c5cc6ccsc6cc54)cc(C(C)(C)C)cc2=3)(OC)c2cc3ccsc3cc21)(CC)CC.